The van der Waals surface area contributed by atoms with E-state index in [2.05, 4.69) is 4.90 Å². The molecule has 2 nitrogen and oxygen atoms in total. The first kappa shape index (κ1) is 13.9. The standard InChI is InChI=1S/C16H18ClNO/c1-12(19)15-5-3-4-6-16(15)18(2)11-13-7-9-14(17)10-8-13/h3-10,12,19H,11H2,1-2H3/t12-/m0/s1. The van der Waals surface area contributed by atoms with Crippen LogP contribution in [0.5, 0.6) is 0 Å². The van der Waals surface area contributed by atoms with Crippen LogP contribution in [0.1, 0.15) is 24.2 Å². The van der Waals surface area contributed by atoms with E-state index in [1.165, 1.54) is 5.56 Å². The Balaban J connectivity index is 2.20. The van der Waals surface area contributed by atoms with Crippen LogP contribution < -0.4 is 4.90 Å². The van der Waals surface area contributed by atoms with Gasteiger partial charge in [-0.3, -0.25) is 0 Å². The Labute approximate surface area is 119 Å². The van der Waals surface area contributed by atoms with Gasteiger partial charge in [0.2, 0.25) is 0 Å². The second-order valence-corrected chi connectivity index (χ2v) is 5.15. The molecular formula is C16H18ClNO. The molecule has 0 amide bonds. The molecule has 19 heavy (non-hydrogen) atoms. The van der Waals surface area contributed by atoms with Crippen LogP contribution in [0.25, 0.3) is 0 Å². The molecule has 2 aromatic carbocycles. The Morgan fingerprint density at radius 2 is 1.74 bits per heavy atom. The topological polar surface area (TPSA) is 23.5 Å². The third kappa shape index (κ3) is 3.49. The van der Waals surface area contributed by atoms with Crippen molar-refractivity contribution in [3.05, 3.63) is 64.7 Å². The lowest BCUT2D eigenvalue weighted by molar-refractivity contribution is 0.199. The number of halogens is 1. The van der Waals surface area contributed by atoms with Crippen LogP contribution in [0, 0.1) is 0 Å². The van der Waals surface area contributed by atoms with E-state index in [0.717, 1.165) is 22.8 Å². The fraction of sp³-hybridized carbons (Fsp3) is 0.250. The number of hydrogen-bond acceptors (Lipinski definition) is 2. The van der Waals surface area contributed by atoms with Gasteiger partial charge in [0.1, 0.15) is 0 Å². The van der Waals surface area contributed by atoms with Crippen molar-refractivity contribution in [3.8, 4) is 0 Å². The zero-order valence-corrected chi connectivity index (χ0v) is 11.9. The van der Waals surface area contributed by atoms with Crippen LogP contribution in [-0.2, 0) is 6.54 Å². The molecule has 0 spiro atoms. The molecule has 0 heterocycles. The molecule has 3 heteroatoms. The molecule has 0 radical (unpaired) electrons. The van der Waals surface area contributed by atoms with Gasteiger partial charge >= 0.3 is 0 Å². The van der Waals surface area contributed by atoms with Gasteiger partial charge in [-0.05, 0) is 30.7 Å². The van der Waals surface area contributed by atoms with Gasteiger partial charge < -0.3 is 10.0 Å². The summed E-state index contributed by atoms with van der Waals surface area (Å²) in [5, 5.41) is 10.6. The summed E-state index contributed by atoms with van der Waals surface area (Å²) in [4.78, 5) is 2.13. The van der Waals surface area contributed by atoms with Gasteiger partial charge in [0.25, 0.3) is 0 Å². The van der Waals surface area contributed by atoms with Gasteiger partial charge in [-0.25, -0.2) is 0 Å². The van der Waals surface area contributed by atoms with Crippen LogP contribution in [-0.4, -0.2) is 12.2 Å². The Bertz CT molecular complexity index is 537. The predicted octanol–water partition coefficient (Wildman–Crippen LogP) is 4.03. The van der Waals surface area contributed by atoms with Crippen molar-refractivity contribution >= 4 is 17.3 Å². The quantitative estimate of drug-likeness (QED) is 0.911. The summed E-state index contributed by atoms with van der Waals surface area (Å²) in [6.07, 6.45) is -0.469. The van der Waals surface area contributed by atoms with Gasteiger partial charge in [0.15, 0.2) is 0 Å². The first-order valence-corrected chi connectivity index (χ1v) is 6.68. The zero-order valence-electron chi connectivity index (χ0n) is 11.2. The monoisotopic (exact) mass is 275 g/mol. The van der Waals surface area contributed by atoms with Crippen molar-refractivity contribution in [3.63, 3.8) is 0 Å². The number of hydrogen-bond donors (Lipinski definition) is 1. The molecule has 0 aliphatic carbocycles. The van der Waals surface area contributed by atoms with Crippen molar-refractivity contribution in [2.45, 2.75) is 19.6 Å². The highest BCUT2D eigenvalue weighted by Crippen LogP contribution is 2.26. The Morgan fingerprint density at radius 1 is 1.11 bits per heavy atom. The molecule has 1 atom stereocenters. The molecule has 0 unspecified atom stereocenters. The maximum Gasteiger partial charge on any atom is 0.0781 e. The molecule has 0 aliphatic rings. The summed E-state index contributed by atoms with van der Waals surface area (Å²) in [6.45, 7) is 2.57. The fourth-order valence-electron chi connectivity index (χ4n) is 2.14. The van der Waals surface area contributed by atoms with Crippen LogP contribution in [0.3, 0.4) is 0 Å². The smallest absolute Gasteiger partial charge is 0.0781 e. The Kier molecular flexibility index (Phi) is 4.46. The van der Waals surface area contributed by atoms with Crippen LogP contribution in [0.2, 0.25) is 5.02 Å². The van der Waals surface area contributed by atoms with E-state index in [4.69, 9.17) is 11.6 Å². The second-order valence-electron chi connectivity index (χ2n) is 4.72. The molecule has 0 saturated carbocycles. The number of anilines is 1. The Hall–Kier alpha value is -1.51. The van der Waals surface area contributed by atoms with E-state index >= 15 is 0 Å². The molecular weight excluding hydrogens is 258 g/mol. The molecule has 0 saturated heterocycles. The summed E-state index contributed by atoms with van der Waals surface area (Å²) >= 11 is 5.89. The van der Waals surface area contributed by atoms with Crippen molar-refractivity contribution in [1.29, 1.82) is 0 Å². The van der Waals surface area contributed by atoms with Crippen LogP contribution in [0.4, 0.5) is 5.69 Å². The second kappa shape index (κ2) is 6.09. The summed E-state index contributed by atoms with van der Waals surface area (Å²) in [5.41, 5.74) is 3.18. The van der Waals surface area contributed by atoms with Gasteiger partial charge in [0, 0.05) is 29.9 Å². The molecule has 0 fully saturated rings. The predicted molar refractivity (Wildman–Crippen MR) is 80.6 cm³/mol. The van der Waals surface area contributed by atoms with Crippen molar-refractivity contribution < 1.29 is 5.11 Å². The number of aliphatic hydroxyl groups excluding tert-OH is 1. The lowest BCUT2D eigenvalue weighted by atomic mass is 10.1. The minimum atomic E-state index is -0.469. The highest BCUT2D eigenvalue weighted by Gasteiger charge is 2.11. The van der Waals surface area contributed by atoms with Crippen molar-refractivity contribution in [1.82, 2.24) is 0 Å². The maximum atomic E-state index is 9.81. The summed E-state index contributed by atoms with van der Waals surface area (Å²) < 4.78 is 0. The number of nitrogens with zero attached hydrogens (tertiary/aromatic N) is 1. The molecule has 0 aromatic heterocycles. The first-order valence-electron chi connectivity index (χ1n) is 6.30. The average molecular weight is 276 g/mol. The number of para-hydroxylation sites is 1. The van der Waals surface area contributed by atoms with Gasteiger partial charge in [0.05, 0.1) is 6.10 Å². The van der Waals surface area contributed by atoms with E-state index in [1.807, 2.05) is 55.6 Å². The van der Waals surface area contributed by atoms with Gasteiger partial charge in [-0.1, -0.05) is 41.9 Å². The highest BCUT2D eigenvalue weighted by atomic mass is 35.5. The summed E-state index contributed by atoms with van der Waals surface area (Å²) in [7, 11) is 2.02. The Morgan fingerprint density at radius 3 is 2.37 bits per heavy atom. The zero-order chi connectivity index (χ0) is 13.8. The van der Waals surface area contributed by atoms with E-state index < -0.39 is 6.10 Å². The molecule has 1 N–H and O–H groups in total. The normalized spacial score (nSPS) is 12.2. The minimum Gasteiger partial charge on any atom is -0.389 e. The lowest BCUT2D eigenvalue weighted by Gasteiger charge is -2.23. The molecule has 0 bridgehead atoms. The number of aliphatic hydroxyl groups is 1. The maximum absolute atomic E-state index is 9.81. The van der Waals surface area contributed by atoms with Crippen LogP contribution >= 0.6 is 11.6 Å². The van der Waals surface area contributed by atoms with Gasteiger partial charge in [-0.15, -0.1) is 0 Å². The number of benzene rings is 2. The average Bonchev–Trinajstić information content (AvgIpc) is 2.41. The van der Waals surface area contributed by atoms with Crippen molar-refractivity contribution in [2.75, 3.05) is 11.9 Å². The molecule has 2 rings (SSSR count). The van der Waals surface area contributed by atoms with E-state index in [1.54, 1.807) is 6.92 Å². The summed E-state index contributed by atoms with van der Waals surface area (Å²) in [6, 6.07) is 15.7. The first-order chi connectivity index (χ1) is 9.08. The minimum absolute atomic E-state index is 0.469. The van der Waals surface area contributed by atoms with Gasteiger partial charge in [-0.2, -0.15) is 0 Å². The van der Waals surface area contributed by atoms with E-state index in [9.17, 15) is 5.11 Å². The fourth-order valence-corrected chi connectivity index (χ4v) is 2.26. The lowest BCUT2D eigenvalue weighted by Crippen LogP contribution is -2.18. The largest absolute Gasteiger partial charge is 0.389 e. The van der Waals surface area contributed by atoms with E-state index in [-0.39, 0.29) is 0 Å². The van der Waals surface area contributed by atoms with E-state index in [0.29, 0.717) is 0 Å². The van der Waals surface area contributed by atoms with Crippen molar-refractivity contribution in [2.24, 2.45) is 0 Å². The SMILES string of the molecule is C[C@H](O)c1ccccc1N(C)Cc1ccc(Cl)cc1. The van der Waals surface area contributed by atoms with Crippen LogP contribution in [0.15, 0.2) is 48.5 Å². The molecule has 100 valence electrons. The molecule has 2 aromatic rings. The number of rotatable bonds is 4. The third-order valence-electron chi connectivity index (χ3n) is 3.13. The highest BCUT2D eigenvalue weighted by molar-refractivity contribution is 6.30. The third-order valence-corrected chi connectivity index (χ3v) is 3.38. The molecule has 0 aliphatic heterocycles. The summed E-state index contributed by atoms with van der Waals surface area (Å²) in [5.74, 6) is 0.